The third-order valence-electron chi connectivity index (χ3n) is 6.40. The molecule has 0 fully saturated rings. The maximum Gasteiger partial charge on any atom is 0.264 e. The first-order valence-electron chi connectivity index (χ1n) is 12.8. The van der Waals surface area contributed by atoms with Crippen molar-refractivity contribution in [2.24, 2.45) is 0 Å². The summed E-state index contributed by atoms with van der Waals surface area (Å²) in [6.45, 7) is 5.11. The summed E-state index contributed by atoms with van der Waals surface area (Å²) in [6.07, 6.45) is 1.03. The summed E-state index contributed by atoms with van der Waals surface area (Å²) in [6, 6.07) is 18.1. The SMILES string of the molecule is CCC(C)NC(=O)C(CC)N(Cc1ccc(Cl)cc1)C(=O)CN(c1cc(Cl)cc(Cl)c1)S(=O)(=O)c1ccccc1. The molecule has 40 heavy (non-hydrogen) atoms. The molecular formula is C29H32Cl3N3O4S. The number of sulfonamides is 1. The first-order chi connectivity index (χ1) is 19.0. The smallest absolute Gasteiger partial charge is 0.264 e. The van der Waals surface area contributed by atoms with Crippen LogP contribution in [0.15, 0.2) is 77.7 Å². The molecule has 2 amide bonds. The maximum absolute atomic E-state index is 14.1. The van der Waals surface area contributed by atoms with E-state index in [-0.39, 0.29) is 39.1 Å². The molecule has 0 aliphatic carbocycles. The molecule has 3 aromatic carbocycles. The van der Waals surface area contributed by atoms with Crippen molar-refractivity contribution in [2.45, 2.75) is 57.1 Å². The van der Waals surface area contributed by atoms with Crippen molar-refractivity contribution in [1.82, 2.24) is 10.2 Å². The lowest BCUT2D eigenvalue weighted by Gasteiger charge is -2.33. The molecule has 11 heteroatoms. The zero-order valence-electron chi connectivity index (χ0n) is 22.5. The number of carbonyl (C=O) groups is 2. The van der Waals surface area contributed by atoms with Crippen molar-refractivity contribution in [2.75, 3.05) is 10.8 Å². The van der Waals surface area contributed by atoms with E-state index < -0.39 is 28.5 Å². The Hall–Kier alpha value is -2.78. The second-order valence-corrected chi connectivity index (χ2v) is 12.5. The minimum Gasteiger partial charge on any atom is -0.352 e. The number of anilines is 1. The van der Waals surface area contributed by atoms with Crippen LogP contribution >= 0.6 is 34.8 Å². The topological polar surface area (TPSA) is 86.8 Å². The normalized spacial score (nSPS) is 12.8. The predicted octanol–water partition coefficient (Wildman–Crippen LogP) is 6.56. The molecule has 214 valence electrons. The van der Waals surface area contributed by atoms with Gasteiger partial charge in [-0.25, -0.2) is 8.42 Å². The Bertz CT molecular complexity index is 1400. The average Bonchev–Trinajstić information content (AvgIpc) is 2.92. The molecule has 0 saturated carbocycles. The second-order valence-electron chi connectivity index (χ2n) is 9.34. The van der Waals surface area contributed by atoms with Gasteiger partial charge in [-0.2, -0.15) is 0 Å². The fraction of sp³-hybridized carbons (Fsp3) is 0.310. The number of carbonyl (C=O) groups excluding carboxylic acids is 2. The Kier molecular flexibility index (Phi) is 11.3. The molecule has 3 aromatic rings. The highest BCUT2D eigenvalue weighted by atomic mass is 35.5. The van der Waals surface area contributed by atoms with Gasteiger partial charge in [-0.3, -0.25) is 13.9 Å². The zero-order valence-corrected chi connectivity index (χ0v) is 25.6. The number of nitrogens with one attached hydrogen (secondary N) is 1. The van der Waals surface area contributed by atoms with Gasteiger partial charge in [-0.15, -0.1) is 0 Å². The van der Waals surface area contributed by atoms with Crippen LogP contribution in [0.1, 0.15) is 39.2 Å². The molecule has 0 aliphatic heterocycles. The third kappa shape index (κ3) is 8.13. The first kappa shape index (κ1) is 31.7. The van der Waals surface area contributed by atoms with Gasteiger partial charge in [0.15, 0.2) is 0 Å². The van der Waals surface area contributed by atoms with E-state index in [1.165, 1.54) is 35.2 Å². The van der Waals surface area contributed by atoms with E-state index in [0.717, 1.165) is 9.87 Å². The molecule has 2 atom stereocenters. The molecule has 0 saturated heterocycles. The van der Waals surface area contributed by atoms with E-state index in [1.807, 2.05) is 13.8 Å². The number of amides is 2. The van der Waals surface area contributed by atoms with Crippen LogP contribution in [0.25, 0.3) is 0 Å². The van der Waals surface area contributed by atoms with E-state index in [9.17, 15) is 18.0 Å². The summed E-state index contributed by atoms with van der Waals surface area (Å²) in [7, 11) is -4.22. The molecule has 0 aliphatic rings. The van der Waals surface area contributed by atoms with Gasteiger partial charge in [0.05, 0.1) is 10.6 Å². The first-order valence-corrected chi connectivity index (χ1v) is 15.4. The molecule has 1 N–H and O–H groups in total. The monoisotopic (exact) mass is 623 g/mol. The van der Waals surface area contributed by atoms with Gasteiger partial charge >= 0.3 is 0 Å². The molecule has 0 aromatic heterocycles. The van der Waals surface area contributed by atoms with Crippen LogP contribution < -0.4 is 9.62 Å². The number of hydrogen-bond donors (Lipinski definition) is 1. The molecule has 0 radical (unpaired) electrons. The van der Waals surface area contributed by atoms with Crippen LogP contribution in [0.3, 0.4) is 0 Å². The lowest BCUT2D eigenvalue weighted by Crippen LogP contribution is -2.53. The highest BCUT2D eigenvalue weighted by Crippen LogP contribution is 2.30. The zero-order chi connectivity index (χ0) is 29.4. The largest absolute Gasteiger partial charge is 0.352 e. The number of rotatable bonds is 12. The van der Waals surface area contributed by atoms with E-state index in [4.69, 9.17) is 34.8 Å². The molecule has 2 unspecified atom stereocenters. The van der Waals surface area contributed by atoms with Crippen molar-refractivity contribution in [3.63, 3.8) is 0 Å². The van der Waals surface area contributed by atoms with Crippen molar-refractivity contribution in [1.29, 1.82) is 0 Å². The van der Waals surface area contributed by atoms with Crippen LogP contribution in [0.4, 0.5) is 5.69 Å². The lowest BCUT2D eigenvalue weighted by atomic mass is 10.1. The Balaban J connectivity index is 2.07. The summed E-state index contributed by atoms with van der Waals surface area (Å²) >= 11 is 18.5. The average molecular weight is 625 g/mol. The Morgan fingerprint density at radius 3 is 2.00 bits per heavy atom. The van der Waals surface area contributed by atoms with E-state index in [0.29, 0.717) is 17.9 Å². The third-order valence-corrected chi connectivity index (χ3v) is 8.87. The molecule has 0 bridgehead atoms. The van der Waals surface area contributed by atoms with Crippen LogP contribution in [-0.2, 0) is 26.2 Å². The fourth-order valence-corrected chi connectivity index (χ4v) is 6.14. The summed E-state index contributed by atoms with van der Waals surface area (Å²) in [5, 5.41) is 3.89. The summed E-state index contributed by atoms with van der Waals surface area (Å²) in [4.78, 5) is 28.8. The van der Waals surface area contributed by atoms with Gasteiger partial charge in [0.25, 0.3) is 10.0 Å². The summed E-state index contributed by atoms with van der Waals surface area (Å²) < 4.78 is 28.7. The van der Waals surface area contributed by atoms with Crippen molar-refractivity contribution in [3.05, 3.63) is 93.4 Å². The Morgan fingerprint density at radius 2 is 1.45 bits per heavy atom. The lowest BCUT2D eigenvalue weighted by molar-refractivity contribution is -0.140. The predicted molar refractivity (Wildman–Crippen MR) is 161 cm³/mol. The van der Waals surface area contributed by atoms with E-state index in [2.05, 4.69) is 5.32 Å². The molecule has 3 rings (SSSR count). The van der Waals surface area contributed by atoms with Crippen molar-refractivity contribution < 1.29 is 18.0 Å². The molecule has 7 nitrogen and oxygen atoms in total. The standard InChI is InChI=1S/C29H32Cl3N3O4S/c1-4-20(3)33-29(37)27(5-2)34(18-21-11-13-22(30)14-12-21)28(36)19-35(25-16-23(31)15-24(32)17-25)40(38,39)26-9-7-6-8-10-26/h6-17,20,27H,4-5,18-19H2,1-3H3,(H,33,37). The minimum absolute atomic E-state index is 0.00953. The van der Waals surface area contributed by atoms with E-state index >= 15 is 0 Å². The van der Waals surface area contributed by atoms with E-state index in [1.54, 1.807) is 49.4 Å². The highest BCUT2D eigenvalue weighted by molar-refractivity contribution is 7.92. The van der Waals surface area contributed by atoms with Gasteiger partial charge in [-0.1, -0.05) is 79.0 Å². The van der Waals surface area contributed by atoms with Crippen LogP contribution in [0.5, 0.6) is 0 Å². The van der Waals surface area contributed by atoms with Crippen LogP contribution in [-0.4, -0.2) is 43.8 Å². The number of hydrogen-bond acceptors (Lipinski definition) is 4. The van der Waals surface area contributed by atoms with Gasteiger partial charge < -0.3 is 10.2 Å². The second kappa shape index (κ2) is 14.2. The quantitative estimate of drug-likeness (QED) is 0.247. The fourth-order valence-electron chi connectivity index (χ4n) is 4.08. The minimum atomic E-state index is -4.22. The van der Waals surface area contributed by atoms with Crippen molar-refractivity contribution in [3.8, 4) is 0 Å². The summed E-state index contributed by atoms with van der Waals surface area (Å²) in [5.41, 5.74) is 0.856. The van der Waals surface area contributed by atoms with Gasteiger partial charge in [0, 0.05) is 27.7 Å². The Labute approximate surface area is 251 Å². The van der Waals surface area contributed by atoms with Crippen LogP contribution in [0, 0.1) is 0 Å². The number of halogens is 3. The van der Waals surface area contributed by atoms with Gasteiger partial charge in [0.2, 0.25) is 11.8 Å². The maximum atomic E-state index is 14.1. The van der Waals surface area contributed by atoms with Gasteiger partial charge in [-0.05, 0) is 67.8 Å². The van der Waals surface area contributed by atoms with Gasteiger partial charge in [0.1, 0.15) is 12.6 Å². The Morgan fingerprint density at radius 1 is 0.850 bits per heavy atom. The number of nitrogens with zero attached hydrogens (tertiary/aromatic N) is 2. The summed E-state index contributed by atoms with van der Waals surface area (Å²) in [5.74, 6) is -0.890. The molecule has 0 heterocycles. The van der Waals surface area contributed by atoms with Crippen molar-refractivity contribution >= 4 is 62.3 Å². The molecule has 0 spiro atoms. The number of benzene rings is 3. The molecular weight excluding hydrogens is 593 g/mol. The highest BCUT2D eigenvalue weighted by Gasteiger charge is 2.34. The van der Waals surface area contributed by atoms with Crippen LogP contribution in [0.2, 0.25) is 15.1 Å².